The van der Waals surface area contributed by atoms with Crippen molar-refractivity contribution in [3.63, 3.8) is 0 Å². The average Bonchev–Trinajstić information content (AvgIpc) is 2.48. The van der Waals surface area contributed by atoms with E-state index in [0.717, 1.165) is 25.9 Å². The predicted molar refractivity (Wildman–Crippen MR) is 89.6 cm³/mol. The summed E-state index contributed by atoms with van der Waals surface area (Å²) < 4.78 is 0. The van der Waals surface area contributed by atoms with Crippen LogP contribution in [0, 0.1) is 19.8 Å². The molecule has 0 bridgehead atoms. The van der Waals surface area contributed by atoms with Gasteiger partial charge in [-0.15, -0.1) is 11.8 Å². The Morgan fingerprint density at radius 1 is 1.48 bits per heavy atom. The van der Waals surface area contributed by atoms with Gasteiger partial charge in [-0.1, -0.05) is 17.7 Å². The van der Waals surface area contributed by atoms with E-state index in [0.29, 0.717) is 11.7 Å². The molecular formula is C17H26N2OS. The van der Waals surface area contributed by atoms with Gasteiger partial charge < -0.3 is 10.6 Å². The Bertz CT molecular complexity index is 502. The molecule has 2 N–H and O–H groups in total. The summed E-state index contributed by atoms with van der Waals surface area (Å²) in [5.41, 5.74) is 8.47. The molecule has 0 saturated carbocycles. The number of nitrogens with two attached hydrogens (primary N) is 1. The van der Waals surface area contributed by atoms with Crippen molar-refractivity contribution in [2.75, 3.05) is 18.8 Å². The molecule has 2 rings (SSSR count). The number of rotatable bonds is 4. The van der Waals surface area contributed by atoms with Crippen LogP contribution in [0.4, 0.5) is 0 Å². The van der Waals surface area contributed by atoms with Crippen LogP contribution in [-0.4, -0.2) is 35.7 Å². The van der Waals surface area contributed by atoms with Gasteiger partial charge in [0.25, 0.3) is 0 Å². The molecule has 2 atom stereocenters. The summed E-state index contributed by atoms with van der Waals surface area (Å²) in [7, 11) is 0. The number of thioether (sulfide) groups is 1. The standard InChI is InChI=1S/C17H26N2OS/c1-12-6-7-13(2)16(9-12)21-11-17(20)19-8-4-5-15(10-19)14(3)18/h6-7,9,14-15H,4-5,8,10-11,18H2,1-3H3. The summed E-state index contributed by atoms with van der Waals surface area (Å²) in [6.45, 7) is 7.94. The quantitative estimate of drug-likeness (QED) is 0.870. The normalized spacial score (nSPS) is 20.4. The molecular weight excluding hydrogens is 280 g/mol. The number of carbonyl (C=O) groups excluding carboxylic acids is 1. The Morgan fingerprint density at radius 2 is 2.24 bits per heavy atom. The van der Waals surface area contributed by atoms with Crippen molar-refractivity contribution in [3.8, 4) is 0 Å². The van der Waals surface area contributed by atoms with Crippen LogP contribution in [0.25, 0.3) is 0 Å². The minimum Gasteiger partial charge on any atom is -0.342 e. The molecule has 0 aliphatic carbocycles. The van der Waals surface area contributed by atoms with E-state index in [4.69, 9.17) is 5.73 Å². The molecule has 116 valence electrons. The first kappa shape index (κ1) is 16.4. The lowest BCUT2D eigenvalue weighted by Crippen LogP contribution is -2.45. The lowest BCUT2D eigenvalue weighted by atomic mass is 9.92. The summed E-state index contributed by atoms with van der Waals surface area (Å²) in [6.07, 6.45) is 2.22. The van der Waals surface area contributed by atoms with Gasteiger partial charge in [-0.05, 0) is 51.2 Å². The molecule has 0 spiro atoms. The van der Waals surface area contributed by atoms with E-state index >= 15 is 0 Å². The van der Waals surface area contributed by atoms with E-state index in [9.17, 15) is 4.79 Å². The van der Waals surface area contributed by atoms with Gasteiger partial charge in [-0.3, -0.25) is 4.79 Å². The van der Waals surface area contributed by atoms with Crippen LogP contribution in [0.1, 0.15) is 30.9 Å². The van der Waals surface area contributed by atoms with Gasteiger partial charge in [0.1, 0.15) is 0 Å². The number of piperidine rings is 1. The minimum absolute atomic E-state index is 0.173. The number of hydrogen-bond donors (Lipinski definition) is 1. The summed E-state index contributed by atoms with van der Waals surface area (Å²) >= 11 is 1.65. The van der Waals surface area contributed by atoms with E-state index in [-0.39, 0.29) is 11.9 Å². The molecule has 21 heavy (non-hydrogen) atoms. The summed E-state index contributed by atoms with van der Waals surface area (Å²) in [5.74, 6) is 1.22. The lowest BCUT2D eigenvalue weighted by molar-refractivity contribution is -0.130. The fraction of sp³-hybridized carbons (Fsp3) is 0.588. The van der Waals surface area contributed by atoms with Crippen molar-refractivity contribution < 1.29 is 4.79 Å². The van der Waals surface area contributed by atoms with Crippen LogP contribution < -0.4 is 5.73 Å². The number of carbonyl (C=O) groups is 1. The lowest BCUT2D eigenvalue weighted by Gasteiger charge is -2.34. The maximum absolute atomic E-state index is 12.4. The zero-order valence-electron chi connectivity index (χ0n) is 13.3. The van der Waals surface area contributed by atoms with Gasteiger partial charge in [0.05, 0.1) is 5.75 Å². The molecule has 1 heterocycles. The highest BCUT2D eigenvalue weighted by Crippen LogP contribution is 2.25. The Morgan fingerprint density at radius 3 is 2.95 bits per heavy atom. The van der Waals surface area contributed by atoms with Crippen molar-refractivity contribution in [1.82, 2.24) is 4.90 Å². The molecule has 1 amide bonds. The molecule has 1 fully saturated rings. The number of nitrogens with zero attached hydrogens (tertiary/aromatic N) is 1. The van der Waals surface area contributed by atoms with Crippen LogP contribution in [0.3, 0.4) is 0 Å². The second-order valence-electron chi connectivity index (χ2n) is 6.16. The fourth-order valence-corrected chi connectivity index (χ4v) is 3.79. The zero-order valence-corrected chi connectivity index (χ0v) is 14.1. The van der Waals surface area contributed by atoms with E-state index < -0.39 is 0 Å². The Hall–Kier alpha value is -1.00. The Labute approximate surface area is 132 Å². The molecule has 1 aromatic rings. The number of amides is 1. The molecule has 1 aliphatic rings. The van der Waals surface area contributed by atoms with Gasteiger partial charge >= 0.3 is 0 Å². The van der Waals surface area contributed by atoms with E-state index in [1.165, 1.54) is 16.0 Å². The molecule has 4 heteroatoms. The average molecular weight is 306 g/mol. The third-order valence-corrected chi connectivity index (χ3v) is 5.39. The van der Waals surface area contributed by atoms with Gasteiger partial charge in [0.2, 0.25) is 5.91 Å². The highest BCUT2D eigenvalue weighted by Gasteiger charge is 2.25. The summed E-state index contributed by atoms with van der Waals surface area (Å²) in [6, 6.07) is 6.56. The van der Waals surface area contributed by atoms with Crippen molar-refractivity contribution in [2.45, 2.75) is 44.6 Å². The maximum Gasteiger partial charge on any atom is 0.232 e. The van der Waals surface area contributed by atoms with Crippen LogP contribution in [-0.2, 0) is 4.79 Å². The van der Waals surface area contributed by atoms with Crippen LogP contribution in [0.5, 0.6) is 0 Å². The number of aryl methyl sites for hydroxylation is 2. The summed E-state index contributed by atoms with van der Waals surface area (Å²) in [4.78, 5) is 15.6. The summed E-state index contributed by atoms with van der Waals surface area (Å²) in [5, 5.41) is 0. The zero-order chi connectivity index (χ0) is 15.4. The highest BCUT2D eigenvalue weighted by atomic mass is 32.2. The van der Waals surface area contributed by atoms with Crippen molar-refractivity contribution in [2.24, 2.45) is 11.7 Å². The second kappa shape index (κ2) is 7.32. The second-order valence-corrected chi connectivity index (χ2v) is 7.18. The molecule has 2 unspecified atom stereocenters. The van der Waals surface area contributed by atoms with Gasteiger partial charge in [-0.2, -0.15) is 0 Å². The number of benzene rings is 1. The van der Waals surface area contributed by atoms with Crippen molar-refractivity contribution >= 4 is 17.7 Å². The topological polar surface area (TPSA) is 46.3 Å². The van der Waals surface area contributed by atoms with Crippen LogP contribution in [0.15, 0.2) is 23.1 Å². The van der Waals surface area contributed by atoms with Crippen molar-refractivity contribution in [1.29, 1.82) is 0 Å². The Kier molecular flexibility index (Phi) is 5.71. The van der Waals surface area contributed by atoms with E-state index in [1.54, 1.807) is 11.8 Å². The molecule has 1 aromatic carbocycles. The molecule has 3 nitrogen and oxygen atoms in total. The van der Waals surface area contributed by atoms with Crippen LogP contribution >= 0.6 is 11.8 Å². The monoisotopic (exact) mass is 306 g/mol. The molecule has 1 aliphatic heterocycles. The third kappa shape index (κ3) is 4.48. The number of hydrogen-bond acceptors (Lipinski definition) is 3. The number of likely N-dealkylation sites (tertiary alicyclic amines) is 1. The first-order chi connectivity index (χ1) is 9.97. The fourth-order valence-electron chi connectivity index (χ4n) is 2.76. The molecule has 0 radical (unpaired) electrons. The molecule has 0 aromatic heterocycles. The van der Waals surface area contributed by atoms with Crippen LogP contribution in [0.2, 0.25) is 0 Å². The van der Waals surface area contributed by atoms with E-state index in [2.05, 4.69) is 32.0 Å². The highest BCUT2D eigenvalue weighted by molar-refractivity contribution is 8.00. The van der Waals surface area contributed by atoms with Gasteiger partial charge in [0, 0.05) is 24.0 Å². The van der Waals surface area contributed by atoms with Crippen molar-refractivity contribution in [3.05, 3.63) is 29.3 Å². The SMILES string of the molecule is Cc1ccc(C)c(SCC(=O)N2CCCC(C(C)N)C2)c1. The predicted octanol–water partition coefficient (Wildman–Crippen LogP) is 2.98. The first-order valence-electron chi connectivity index (χ1n) is 7.71. The van der Waals surface area contributed by atoms with Gasteiger partial charge in [-0.25, -0.2) is 0 Å². The third-order valence-electron chi connectivity index (χ3n) is 4.25. The molecule has 1 saturated heterocycles. The Balaban J connectivity index is 1.91. The minimum atomic E-state index is 0.173. The smallest absolute Gasteiger partial charge is 0.232 e. The van der Waals surface area contributed by atoms with Gasteiger partial charge in [0.15, 0.2) is 0 Å². The first-order valence-corrected chi connectivity index (χ1v) is 8.69. The maximum atomic E-state index is 12.4. The van der Waals surface area contributed by atoms with E-state index in [1.807, 2.05) is 11.8 Å². The largest absolute Gasteiger partial charge is 0.342 e.